The van der Waals surface area contributed by atoms with Crippen LogP contribution in [0.1, 0.15) is 25.3 Å². The summed E-state index contributed by atoms with van der Waals surface area (Å²) in [7, 11) is 0. The molecule has 6 nitrogen and oxygen atoms in total. The van der Waals surface area contributed by atoms with Gasteiger partial charge in [-0.05, 0) is 38.3 Å². The Labute approximate surface area is 167 Å². The molecular weight excluding hydrogens is 431 g/mol. The summed E-state index contributed by atoms with van der Waals surface area (Å²) < 4.78 is 5.75. The molecule has 1 aromatic rings. The average Bonchev–Trinajstić information content (AvgIpc) is 3.41. The van der Waals surface area contributed by atoms with Crippen LogP contribution in [-0.4, -0.2) is 44.7 Å². The van der Waals surface area contributed by atoms with Gasteiger partial charge in [-0.3, -0.25) is 9.79 Å². The van der Waals surface area contributed by atoms with Crippen molar-refractivity contribution >= 4 is 35.8 Å². The summed E-state index contributed by atoms with van der Waals surface area (Å²) in [6, 6.07) is 7.97. The van der Waals surface area contributed by atoms with Crippen LogP contribution in [-0.2, 0) is 4.79 Å². The van der Waals surface area contributed by atoms with Crippen LogP contribution in [0.5, 0.6) is 5.75 Å². The van der Waals surface area contributed by atoms with E-state index in [-0.39, 0.29) is 35.8 Å². The van der Waals surface area contributed by atoms with Crippen molar-refractivity contribution in [3.8, 4) is 5.75 Å². The predicted molar refractivity (Wildman–Crippen MR) is 112 cm³/mol. The average molecular weight is 460 g/mol. The van der Waals surface area contributed by atoms with Crippen LogP contribution in [0, 0.1) is 12.8 Å². The summed E-state index contributed by atoms with van der Waals surface area (Å²) in [5.41, 5.74) is 1.13. The van der Waals surface area contributed by atoms with Crippen molar-refractivity contribution in [2.75, 3.05) is 32.8 Å². The number of nitrogens with one attached hydrogen (secondary N) is 3. The van der Waals surface area contributed by atoms with Gasteiger partial charge in [0.05, 0.1) is 13.1 Å². The van der Waals surface area contributed by atoms with E-state index in [0.717, 1.165) is 36.7 Å². The normalized spacial score (nSPS) is 13.6. The summed E-state index contributed by atoms with van der Waals surface area (Å²) in [6.07, 6.45) is 2.06. The first-order valence-electron chi connectivity index (χ1n) is 8.69. The Bertz CT molecular complexity index is 562. The number of aliphatic imine (C=N–C) groups is 1. The van der Waals surface area contributed by atoms with Crippen LogP contribution in [0.4, 0.5) is 0 Å². The third-order valence-corrected chi connectivity index (χ3v) is 3.72. The quantitative estimate of drug-likeness (QED) is 0.228. The van der Waals surface area contributed by atoms with Gasteiger partial charge < -0.3 is 20.7 Å². The Balaban J connectivity index is 0.00000312. The molecule has 140 valence electrons. The number of para-hydroxylation sites is 1. The summed E-state index contributed by atoms with van der Waals surface area (Å²) >= 11 is 0. The molecule has 1 aromatic carbocycles. The van der Waals surface area contributed by atoms with Crippen LogP contribution < -0.4 is 20.7 Å². The van der Waals surface area contributed by atoms with Crippen molar-refractivity contribution in [2.24, 2.45) is 10.9 Å². The molecule has 0 heterocycles. The second kappa shape index (κ2) is 11.9. The zero-order valence-corrected chi connectivity index (χ0v) is 17.3. The lowest BCUT2D eigenvalue weighted by molar-refractivity contribution is -0.122. The molecular formula is C18H29IN4O2. The molecule has 1 aliphatic rings. The number of carbonyl (C=O) groups excluding carboxylic acids is 1. The number of hydrogen-bond acceptors (Lipinski definition) is 3. The van der Waals surface area contributed by atoms with Crippen molar-refractivity contribution in [2.45, 2.75) is 26.7 Å². The first kappa shape index (κ1) is 21.5. The fourth-order valence-electron chi connectivity index (χ4n) is 2.23. The van der Waals surface area contributed by atoms with Crippen molar-refractivity contribution in [3.05, 3.63) is 29.8 Å². The maximum atomic E-state index is 11.5. The molecule has 0 saturated heterocycles. The van der Waals surface area contributed by atoms with E-state index in [4.69, 9.17) is 4.74 Å². The lowest BCUT2D eigenvalue weighted by Crippen LogP contribution is -2.40. The zero-order chi connectivity index (χ0) is 17.2. The van der Waals surface area contributed by atoms with Crippen LogP contribution in [0.2, 0.25) is 0 Å². The van der Waals surface area contributed by atoms with Gasteiger partial charge in [-0.2, -0.15) is 0 Å². The zero-order valence-electron chi connectivity index (χ0n) is 15.0. The second-order valence-corrected chi connectivity index (χ2v) is 5.87. The highest BCUT2D eigenvalue weighted by Crippen LogP contribution is 2.28. The Hall–Kier alpha value is -1.51. The highest BCUT2D eigenvalue weighted by Gasteiger charge is 2.28. The highest BCUT2D eigenvalue weighted by molar-refractivity contribution is 14.0. The number of nitrogens with zero attached hydrogens (tertiary/aromatic N) is 1. The molecule has 3 N–H and O–H groups in total. The molecule has 0 aromatic heterocycles. The molecule has 0 aliphatic heterocycles. The maximum Gasteiger partial charge on any atom is 0.223 e. The van der Waals surface area contributed by atoms with E-state index in [2.05, 4.69) is 20.9 Å². The van der Waals surface area contributed by atoms with Crippen molar-refractivity contribution in [3.63, 3.8) is 0 Å². The van der Waals surface area contributed by atoms with E-state index >= 15 is 0 Å². The second-order valence-electron chi connectivity index (χ2n) is 5.87. The van der Waals surface area contributed by atoms with E-state index in [1.165, 1.54) is 0 Å². The van der Waals surface area contributed by atoms with E-state index in [1.807, 2.05) is 38.1 Å². The molecule has 0 bridgehead atoms. The monoisotopic (exact) mass is 460 g/mol. The molecule has 1 saturated carbocycles. The number of halogens is 1. The van der Waals surface area contributed by atoms with E-state index in [0.29, 0.717) is 26.2 Å². The van der Waals surface area contributed by atoms with Crippen molar-refractivity contribution in [1.29, 1.82) is 0 Å². The minimum Gasteiger partial charge on any atom is -0.491 e. The largest absolute Gasteiger partial charge is 0.491 e. The number of ether oxygens (including phenoxy) is 1. The number of aryl methyl sites for hydroxylation is 1. The van der Waals surface area contributed by atoms with Crippen molar-refractivity contribution < 1.29 is 9.53 Å². The summed E-state index contributed by atoms with van der Waals surface area (Å²) in [4.78, 5) is 16.0. The highest BCUT2D eigenvalue weighted by atomic mass is 127. The Kier molecular flexibility index (Phi) is 10.3. The number of benzene rings is 1. The number of rotatable bonds is 9. The van der Waals surface area contributed by atoms with Gasteiger partial charge in [-0.1, -0.05) is 18.2 Å². The van der Waals surface area contributed by atoms with Crippen LogP contribution in [0.3, 0.4) is 0 Å². The number of guanidine groups is 1. The molecule has 0 atom stereocenters. The third kappa shape index (κ3) is 8.42. The minimum atomic E-state index is 0. The van der Waals surface area contributed by atoms with Crippen molar-refractivity contribution in [1.82, 2.24) is 16.0 Å². The van der Waals surface area contributed by atoms with Crippen LogP contribution >= 0.6 is 24.0 Å². The molecule has 0 spiro atoms. The lowest BCUT2D eigenvalue weighted by Gasteiger charge is -2.13. The van der Waals surface area contributed by atoms with Gasteiger partial charge in [0.1, 0.15) is 12.4 Å². The first-order chi connectivity index (χ1) is 11.7. The first-order valence-corrected chi connectivity index (χ1v) is 8.69. The maximum absolute atomic E-state index is 11.5. The lowest BCUT2D eigenvalue weighted by atomic mass is 10.2. The van der Waals surface area contributed by atoms with Gasteiger partial charge in [0.2, 0.25) is 5.91 Å². The molecule has 1 fully saturated rings. The SMILES string of the molecule is CCNC(=NCCNC(=O)C1CC1)NCCOc1ccccc1C.I. The fraction of sp³-hybridized carbons (Fsp3) is 0.556. The number of carbonyl (C=O) groups is 1. The van der Waals surface area contributed by atoms with E-state index in [1.54, 1.807) is 0 Å². The summed E-state index contributed by atoms with van der Waals surface area (Å²) in [5.74, 6) is 2.06. The van der Waals surface area contributed by atoms with E-state index in [9.17, 15) is 4.79 Å². The molecule has 7 heteroatoms. The van der Waals surface area contributed by atoms with E-state index < -0.39 is 0 Å². The van der Waals surface area contributed by atoms with Crippen LogP contribution in [0.15, 0.2) is 29.3 Å². The van der Waals surface area contributed by atoms with Gasteiger partial charge in [-0.15, -0.1) is 24.0 Å². The van der Waals surface area contributed by atoms with Gasteiger partial charge in [-0.25, -0.2) is 0 Å². The van der Waals surface area contributed by atoms with Gasteiger partial charge in [0.25, 0.3) is 0 Å². The smallest absolute Gasteiger partial charge is 0.223 e. The molecule has 0 radical (unpaired) electrons. The number of hydrogen-bond donors (Lipinski definition) is 3. The summed E-state index contributed by atoms with van der Waals surface area (Å²) in [6.45, 7) is 7.21. The predicted octanol–water partition coefficient (Wildman–Crippen LogP) is 2.07. The van der Waals surface area contributed by atoms with Gasteiger partial charge in [0, 0.05) is 19.0 Å². The number of amides is 1. The fourth-order valence-corrected chi connectivity index (χ4v) is 2.23. The molecule has 2 rings (SSSR count). The minimum absolute atomic E-state index is 0. The molecule has 1 aliphatic carbocycles. The van der Waals surface area contributed by atoms with Gasteiger partial charge in [0.15, 0.2) is 5.96 Å². The Morgan fingerprint density at radius 1 is 1.20 bits per heavy atom. The van der Waals surface area contributed by atoms with Gasteiger partial charge >= 0.3 is 0 Å². The molecule has 1 amide bonds. The Morgan fingerprint density at radius 3 is 2.64 bits per heavy atom. The standard InChI is InChI=1S/C18H28N4O2.HI/c1-3-19-18(21-11-10-20-17(23)15-8-9-15)22-12-13-24-16-7-5-4-6-14(16)2;/h4-7,15H,3,8-13H2,1-2H3,(H,20,23)(H2,19,21,22);1H. The summed E-state index contributed by atoms with van der Waals surface area (Å²) in [5, 5.41) is 9.33. The molecule has 0 unspecified atom stereocenters. The molecule has 25 heavy (non-hydrogen) atoms. The topological polar surface area (TPSA) is 74.8 Å². The van der Waals surface area contributed by atoms with Crippen LogP contribution in [0.25, 0.3) is 0 Å². The Morgan fingerprint density at radius 2 is 1.96 bits per heavy atom. The third-order valence-electron chi connectivity index (χ3n) is 3.72.